The third kappa shape index (κ3) is 3.01. The molecular weight excluding hydrogens is 172 g/mol. The summed E-state index contributed by atoms with van der Waals surface area (Å²) in [6.07, 6.45) is 7.29. The van der Waals surface area contributed by atoms with E-state index in [1.54, 1.807) is 0 Å². The molecular formula is C12H22N2. The molecule has 0 aliphatic carbocycles. The minimum atomic E-state index is 0.671. The van der Waals surface area contributed by atoms with E-state index >= 15 is 0 Å². The highest BCUT2D eigenvalue weighted by atomic mass is 15.3. The second-order valence-corrected chi connectivity index (χ2v) is 4.43. The molecule has 1 saturated heterocycles. The Morgan fingerprint density at radius 2 is 1.86 bits per heavy atom. The van der Waals surface area contributed by atoms with Crippen LogP contribution in [0.2, 0.25) is 0 Å². The van der Waals surface area contributed by atoms with E-state index in [1.165, 1.54) is 13.1 Å². The normalized spacial score (nSPS) is 30.1. The van der Waals surface area contributed by atoms with Crippen molar-refractivity contribution in [1.29, 1.82) is 0 Å². The summed E-state index contributed by atoms with van der Waals surface area (Å²) < 4.78 is 0. The van der Waals surface area contributed by atoms with Crippen LogP contribution in [-0.2, 0) is 0 Å². The van der Waals surface area contributed by atoms with Crippen LogP contribution in [0.3, 0.4) is 0 Å². The topological polar surface area (TPSA) is 6.48 Å². The molecule has 2 heteroatoms. The Balaban J connectivity index is 2.31. The van der Waals surface area contributed by atoms with Crippen molar-refractivity contribution in [3.63, 3.8) is 0 Å². The summed E-state index contributed by atoms with van der Waals surface area (Å²) in [6, 6.07) is 1.34. The molecule has 0 N–H and O–H groups in total. The fraction of sp³-hybridized carbons (Fsp3) is 0.833. The summed E-state index contributed by atoms with van der Waals surface area (Å²) in [5, 5.41) is 0. The van der Waals surface area contributed by atoms with E-state index in [0.717, 1.165) is 19.4 Å². The van der Waals surface area contributed by atoms with Gasteiger partial charge in [0.2, 0.25) is 0 Å². The van der Waals surface area contributed by atoms with Crippen LogP contribution in [0, 0.1) is 12.3 Å². The second-order valence-electron chi connectivity index (χ2n) is 4.43. The standard InChI is InChI=1S/C12H22N2/c1-5-6-7-8-14-9-11(2)13(4)12(3)10-14/h1,11-12H,6-10H2,2-4H3. The predicted molar refractivity (Wildman–Crippen MR) is 61.2 cm³/mol. The van der Waals surface area contributed by atoms with E-state index in [0.29, 0.717) is 12.1 Å². The van der Waals surface area contributed by atoms with Gasteiger partial charge in [-0.15, -0.1) is 12.3 Å². The Hall–Kier alpha value is -0.520. The van der Waals surface area contributed by atoms with Gasteiger partial charge in [0.25, 0.3) is 0 Å². The van der Waals surface area contributed by atoms with Gasteiger partial charge >= 0.3 is 0 Å². The monoisotopic (exact) mass is 194 g/mol. The number of rotatable bonds is 3. The molecule has 2 atom stereocenters. The van der Waals surface area contributed by atoms with E-state index in [4.69, 9.17) is 6.42 Å². The van der Waals surface area contributed by atoms with Crippen molar-refractivity contribution in [2.45, 2.75) is 38.8 Å². The number of terminal acetylenes is 1. The fourth-order valence-electron chi connectivity index (χ4n) is 2.10. The summed E-state index contributed by atoms with van der Waals surface area (Å²) in [5.74, 6) is 2.70. The first-order valence-corrected chi connectivity index (χ1v) is 5.53. The molecule has 0 aromatic rings. The number of hydrogen-bond acceptors (Lipinski definition) is 2. The van der Waals surface area contributed by atoms with Crippen LogP contribution >= 0.6 is 0 Å². The fourth-order valence-corrected chi connectivity index (χ4v) is 2.10. The van der Waals surface area contributed by atoms with E-state index in [2.05, 4.69) is 36.6 Å². The Morgan fingerprint density at radius 3 is 2.36 bits per heavy atom. The molecule has 1 aliphatic heterocycles. The molecule has 0 bridgehead atoms. The summed E-state index contributed by atoms with van der Waals surface area (Å²) in [5.41, 5.74) is 0. The zero-order valence-corrected chi connectivity index (χ0v) is 9.66. The van der Waals surface area contributed by atoms with Crippen molar-refractivity contribution in [3.8, 4) is 12.3 Å². The molecule has 1 aliphatic rings. The summed E-state index contributed by atoms with van der Waals surface area (Å²) in [4.78, 5) is 4.99. The maximum atomic E-state index is 5.24. The lowest BCUT2D eigenvalue weighted by Gasteiger charge is -2.42. The van der Waals surface area contributed by atoms with Gasteiger partial charge in [0.1, 0.15) is 0 Å². The summed E-state index contributed by atoms with van der Waals surface area (Å²) in [7, 11) is 2.22. The first kappa shape index (κ1) is 11.6. The predicted octanol–water partition coefficient (Wildman–Crippen LogP) is 1.42. The molecule has 1 heterocycles. The van der Waals surface area contributed by atoms with Gasteiger partial charge in [0, 0.05) is 31.6 Å². The maximum absolute atomic E-state index is 5.24. The lowest BCUT2D eigenvalue weighted by atomic mass is 10.1. The molecule has 80 valence electrons. The molecule has 0 saturated carbocycles. The number of unbranched alkanes of at least 4 members (excludes halogenated alkanes) is 1. The smallest absolute Gasteiger partial charge is 0.0195 e. The van der Waals surface area contributed by atoms with Gasteiger partial charge in [-0.2, -0.15) is 0 Å². The SMILES string of the molecule is C#CCCCN1CC(C)N(C)C(C)C1. The van der Waals surface area contributed by atoms with Crippen LogP contribution in [0.5, 0.6) is 0 Å². The maximum Gasteiger partial charge on any atom is 0.0195 e. The lowest BCUT2D eigenvalue weighted by molar-refractivity contribution is 0.0597. The minimum Gasteiger partial charge on any atom is -0.300 e. The molecule has 0 aromatic carbocycles. The highest BCUT2D eigenvalue weighted by molar-refractivity contribution is 4.86. The zero-order chi connectivity index (χ0) is 10.6. The molecule has 0 amide bonds. The summed E-state index contributed by atoms with van der Waals surface area (Å²) in [6.45, 7) is 8.12. The Bertz CT molecular complexity index is 195. The van der Waals surface area contributed by atoms with Crippen molar-refractivity contribution in [3.05, 3.63) is 0 Å². The largest absolute Gasteiger partial charge is 0.300 e. The van der Waals surface area contributed by atoms with Crippen LogP contribution in [0.4, 0.5) is 0 Å². The van der Waals surface area contributed by atoms with E-state index < -0.39 is 0 Å². The summed E-state index contributed by atoms with van der Waals surface area (Å²) >= 11 is 0. The number of hydrogen-bond donors (Lipinski definition) is 0. The van der Waals surface area contributed by atoms with Crippen molar-refractivity contribution < 1.29 is 0 Å². The van der Waals surface area contributed by atoms with Gasteiger partial charge < -0.3 is 4.90 Å². The van der Waals surface area contributed by atoms with Crippen molar-refractivity contribution in [2.75, 3.05) is 26.7 Å². The Morgan fingerprint density at radius 1 is 1.29 bits per heavy atom. The number of nitrogens with zero attached hydrogens (tertiary/aromatic N) is 2. The quantitative estimate of drug-likeness (QED) is 0.495. The highest BCUT2D eigenvalue weighted by Gasteiger charge is 2.25. The van der Waals surface area contributed by atoms with Gasteiger partial charge in [-0.1, -0.05) is 0 Å². The van der Waals surface area contributed by atoms with Crippen LogP contribution in [0.1, 0.15) is 26.7 Å². The van der Waals surface area contributed by atoms with E-state index in [9.17, 15) is 0 Å². The first-order valence-electron chi connectivity index (χ1n) is 5.53. The number of likely N-dealkylation sites (N-methyl/N-ethyl adjacent to an activating group) is 1. The molecule has 14 heavy (non-hydrogen) atoms. The van der Waals surface area contributed by atoms with Crippen molar-refractivity contribution in [2.24, 2.45) is 0 Å². The second kappa shape index (κ2) is 5.38. The van der Waals surface area contributed by atoms with E-state index in [-0.39, 0.29) is 0 Å². The molecule has 2 unspecified atom stereocenters. The molecule has 0 aromatic heterocycles. The van der Waals surface area contributed by atoms with Crippen LogP contribution in [0.15, 0.2) is 0 Å². The zero-order valence-electron chi connectivity index (χ0n) is 9.66. The van der Waals surface area contributed by atoms with Crippen molar-refractivity contribution >= 4 is 0 Å². The average Bonchev–Trinajstić information content (AvgIpc) is 2.14. The first-order chi connectivity index (χ1) is 6.65. The van der Waals surface area contributed by atoms with Crippen molar-refractivity contribution in [1.82, 2.24) is 9.80 Å². The Labute approximate surface area is 88.3 Å². The van der Waals surface area contributed by atoms with Gasteiger partial charge in [-0.3, -0.25) is 4.90 Å². The molecule has 0 spiro atoms. The lowest BCUT2D eigenvalue weighted by Crippen LogP contribution is -2.54. The molecule has 1 fully saturated rings. The van der Waals surface area contributed by atoms with Gasteiger partial charge in [-0.25, -0.2) is 0 Å². The van der Waals surface area contributed by atoms with Gasteiger partial charge in [-0.05, 0) is 33.9 Å². The molecule has 2 nitrogen and oxygen atoms in total. The van der Waals surface area contributed by atoms with Crippen LogP contribution < -0.4 is 0 Å². The molecule has 0 radical (unpaired) electrons. The van der Waals surface area contributed by atoms with Gasteiger partial charge in [0.05, 0.1) is 0 Å². The molecule has 1 rings (SSSR count). The van der Waals surface area contributed by atoms with Gasteiger partial charge in [0.15, 0.2) is 0 Å². The number of piperazine rings is 1. The highest BCUT2D eigenvalue weighted by Crippen LogP contribution is 2.13. The van der Waals surface area contributed by atoms with Crippen LogP contribution in [0.25, 0.3) is 0 Å². The minimum absolute atomic E-state index is 0.671. The third-order valence-corrected chi connectivity index (χ3v) is 3.23. The van der Waals surface area contributed by atoms with E-state index in [1.807, 2.05) is 0 Å². The average molecular weight is 194 g/mol. The Kier molecular flexibility index (Phi) is 4.44. The van der Waals surface area contributed by atoms with Crippen LogP contribution in [-0.4, -0.2) is 48.6 Å². The third-order valence-electron chi connectivity index (χ3n) is 3.23.